The topological polar surface area (TPSA) is 36.4 Å². The Labute approximate surface area is 146 Å². The minimum Gasteiger partial charge on any atom is -0.356 e. The van der Waals surface area contributed by atoms with Gasteiger partial charge in [0, 0.05) is 20.1 Å². The highest BCUT2D eigenvalue weighted by atomic mass is 127. The third-order valence-electron chi connectivity index (χ3n) is 3.03. The van der Waals surface area contributed by atoms with E-state index in [9.17, 15) is 13.2 Å². The van der Waals surface area contributed by atoms with Crippen molar-refractivity contribution in [3.8, 4) is 0 Å². The van der Waals surface area contributed by atoms with Crippen LogP contribution in [0, 0.1) is 0 Å². The van der Waals surface area contributed by atoms with Crippen molar-refractivity contribution in [1.29, 1.82) is 0 Å². The predicted octanol–water partition coefficient (Wildman–Crippen LogP) is 3.83. The molecule has 3 nitrogen and oxygen atoms in total. The number of hydrogen-bond donors (Lipinski definition) is 2. The van der Waals surface area contributed by atoms with Crippen LogP contribution in [0.15, 0.2) is 29.3 Å². The summed E-state index contributed by atoms with van der Waals surface area (Å²) in [5.41, 5.74) is 0.246. The van der Waals surface area contributed by atoms with Crippen molar-refractivity contribution >= 4 is 29.9 Å². The van der Waals surface area contributed by atoms with E-state index in [-0.39, 0.29) is 24.0 Å². The second-order valence-electron chi connectivity index (χ2n) is 4.72. The average Bonchev–Trinajstić information content (AvgIpc) is 2.45. The maximum absolute atomic E-state index is 12.4. The lowest BCUT2D eigenvalue weighted by atomic mass is 10.1. The molecular weight excluding hydrogens is 406 g/mol. The van der Waals surface area contributed by atoms with E-state index in [0.29, 0.717) is 13.0 Å². The summed E-state index contributed by atoms with van der Waals surface area (Å²) in [6, 6.07) is 5.25. The van der Waals surface area contributed by atoms with E-state index in [4.69, 9.17) is 0 Å². The summed E-state index contributed by atoms with van der Waals surface area (Å²) in [5.74, 6) is 0.718. The number of benzene rings is 1. The first-order valence-electron chi connectivity index (χ1n) is 7.08. The zero-order valence-electron chi connectivity index (χ0n) is 12.8. The summed E-state index contributed by atoms with van der Waals surface area (Å²) >= 11 is 0. The van der Waals surface area contributed by atoms with Crippen molar-refractivity contribution in [3.63, 3.8) is 0 Å². The minimum absolute atomic E-state index is 0. The van der Waals surface area contributed by atoms with Gasteiger partial charge in [0.15, 0.2) is 5.96 Å². The largest absolute Gasteiger partial charge is 0.416 e. The molecule has 0 heterocycles. The van der Waals surface area contributed by atoms with E-state index in [0.717, 1.165) is 43.0 Å². The van der Waals surface area contributed by atoms with Gasteiger partial charge in [-0.3, -0.25) is 4.99 Å². The molecule has 0 atom stereocenters. The number of guanidine groups is 1. The van der Waals surface area contributed by atoms with Gasteiger partial charge in [-0.1, -0.05) is 25.5 Å². The zero-order valence-corrected chi connectivity index (χ0v) is 15.2. The highest BCUT2D eigenvalue weighted by molar-refractivity contribution is 14.0. The first kappa shape index (κ1) is 21.0. The van der Waals surface area contributed by atoms with Gasteiger partial charge in [-0.05, 0) is 30.5 Å². The Kier molecular flexibility index (Phi) is 10.2. The lowest BCUT2D eigenvalue weighted by molar-refractivity contribution is -0.137. The number of aliphatic imine (C=N–C) groups is 1. The fraction of sp³-hybridized carbons (Fsp3) is 0.533. The molecule has 22 heavy (non-hydrogen) atoms. The van der Waals surface area contributed by atoms with Gasteiger partial charge in [0.25, 0.3) is 0 Å². The Hall–Kier alpha value is -0.990. The molecule has 2 N–H and O–H groups in total. The summed E-state index contributed by atoms with van der Waals surface area (Å²) < 4.78 is 37.3. The number of nitrogens with one attached hydrogen (secondary N) is 2. The van der Waals surface area contributed by atoms with Crippen LogP contribution in [0.1, 0.15) is 30.9 Å². The molecule has 0 radical (unpaired) electrons. The second kappa shape index (κ2) is 10.7. The van der Waals surface area contributed by atoms with Gasteiger partial charge in [-0.15, -0.1) is 24.0 Å². The van der Waals surface area contributed by atoms with Crippen molar-refractivity contribution in [3.05, 3.63) is 35.4 Å². The maximum atomic E-state index is 12.4. The Balaban J connectivity index is 0.00000441. The third kappa shape index (κ3) is 7.86. The fourth-order valence-corrected chi connectivity index (χ4v) is 1.79. The molecule has 0 spiro atoms. The SMILES string of the molecule is CCCCNC(=NC)NCCc1ccc(C(F)(F)F)cc1.I. The van der Waals surface area contributed by atoms with Crippen molar-refractivity contribution < 1.29 is 13.2 Å². The predicted molar refractivity (Wildman–Crippen MR) is 94.8 cm³/mol. The number of hydrogen-bond acceptors (Lipinski definition) is 1. The molecule has 0 aliphatic carbocycles. The molecule has 0 bridgehead atoms. The number of alkyl halides is 3. The standard InChI is InChI=1S/C15H22F3N3.HI/c1-3-4-10-20-14(19-2)21-11-9-12-5-7-13(8-6-12)15(16,17)18;/h5-8H,3-4,9-11H2,1-2H3,(H2,19,20,21);1H. The molecule has 0 aliphatic heterocycles. The van der Waals surface area contributed by atoms with E-state index >= 15 is 0 Å². The number of rotatable bonds is 6. The molecule has 126 valence electrons. The van der Waals surface area contributed by atoms with Gasteiger partial charge >= 0.3 is 6.18 Å². The molecule has 0 saturated heterocycles. The van der Waals surface area contributed by atoms with Gasteiger partial charge < -0.3 is 10.6 Å². The Morgan fingerprint density at radius 1 is 1.09 bits per heavy atom. The minimum atomic E-state index is -4.28. The number of nitrogens with zero attached hydrogens (tertiary/aromatic N) is 1. The van der Waals surface area contributed by atoms with E-state index in [1.165, 1.54) is 12.1 Å². The van der Waals surface area contributed by atoms with Crippen molar-refractivity contribution in [2.75, 3.05) is 20.1 Å². The normalized spacial score (nSPS) is 11.8. The van der Waals surface area contributed by atoms with E-state index in [1.807, 2.05) is 0 Å². The molecule has 0 aromatic heterocycles. The van der Waals surface area contributed by atoms with Crippen molar-refractivity contribution in [2.45, 2.75) is 32.4 Å². The first-order chi connectivity index (χ1) is 9.97. The summed E-state index contributed by atoms with van der Waals surface area (Å²) in [4.78, 5) is 4.08. The summed E-state index contributed by atoms with van der Waals surface area (Å²) in [5, 5.41) is 6.31. The van der Waals surface area contributed by atoms with Gasteiger partial charge in [-0.25, -0.2) is 0 Å². The van der Waals surface area contributed by atoms with Crippen molar-refractivity contribution in [1.82, 2.24) is 10.6 Å². The zero-order chi connectivity index (χ0) is 15.7. The van der Waals surface area contributed by atoms with E-state index < -0.39 is 11.7 Å². The highest BCUT2D eigenvalue weighted by Crippen LogP contribution is 2.29. The first-order valence-corrected chi connectivity index (χ1v) is 7.08. The Bertz CT molecular complexity index is 444. The van der Waals surface area contributed by atoms with Crippen LogP contribution in [0.4, 0.5) is 13.2 Å². The molecule has 0 saturated carbocycles. The summed E-state index contributed by atoms with van der Waals surface area (Å²) in [7, 11) is 1.69. The monoisotopic (exact) mass is 429 g/mol. The molecule has 1 aromatic carbocycles. The molecule has 1 rings (SSSR count). The third-order valence-corrected chi connectivity index (χ3v) is 3.03. The van der Waals surface area contributed by atoms with Crippen LogP contribution >= 0.6 is 24.0 Å². The average molecular weight is 429 g/mol. The summed E-state index contributed by atoms with van der Waals surface area (Å²) in [6.45, 7) is 3.59. The smallest absolute Gasteiger partial charge is 0.356 e. The van der Waals surface area contributed by atoms with Crippen LogP contribution < -0.4 is 10.6 Å². The van der Waals surface area contributed by atoms with Crippen LogP contribution in [-0.2, 0) is 12.6 Å². The lowest BCUT2D eigenvalue weighted by Crippen LogP contribution is -2.38. The van der Waals surface area contributed by atoms with Gasteiger partial charge in [0.1, 0.15) is 0 Å². The molecule has 7 heteroatoms. The molecular formula is C15H23F3IN3. The highest BCUT2D eigenvalue weighted by Gasteiger charge is 2.29. The molecule has 0 aliphatic rings. The van der Waals surface area contributed by atoms with Gasteiger partial charge in [0.05, 0.1) is 5.56 Å². The van der Waals surface area contributed by atoms with E-state index in [2.05, 4.69) is 22.5 Å². The molecule has 0 fully saturated rings. The van der Waals surface area contributed by atoms with E-state index in [1.54, 1.807) is 7.05 Å². The maximum Gasteiger partial charge on any atom is 0.416 e. The quantitative estimate of drug-likeness (QED) is 0.312. The molecule has 0 unspecified atom stereocenters. The lowest BCUT2D eigenvalue weighted by Gasteiger charge is -2.12. The van der Waals surface area contributed by atoms with Gasteiger partial charge in [0.2, 0.25) is 0 Å². The van der Waals surface area contributed by atoms with Crippen LogP contribution in [0.5, 0.6) is 0 Å². The van der Waals surface area contributed by atoms with Crippen LogP contribution in [-0.4, -0.2) is 26.1 Å². The van der Waals surface area contributed by atoms with Crippen molar-refractivity contribution in [2.24, 2.45) is 4.99 Å². The molecule has 1 aromatic rings. The number of unbranched alkanes of at least 4 members (excludes halogenated alkanes) is 1. The second-order valence-corrected chi connectivity index (χ2v) is 4.72. The van der Waals surface area contributed by atoms with Gasteiger partial charge in [-0.2, -0.15) is 13.2 Å². The fourth-order valence-electron chi connectivity index (χ4n) is 1.79. The van der Waals surface area contributed by atoms with Crippen LogP contribution in [0.2, 0.25) is 0 Å². The van der Waals surface area contributed by atoms with Crippen LogP contribution in [0.25, 0.3) is 0 Å². The Morgan fingerprint density at radius 3 is 2.18 bits per heavy atom. The van der Waals surface area contributed by atoms with Crippen LogP contribution in [0.3, 0.4) is 0 Å². The number of halogens is 4. The molecule has 0 amide bonds. The Morgan fingerprint density at radius 2 is 1.68 bits per heavy atom. The summed E-state index contributed by atoms with van der Waals surface area (Å²) in [6.07, 6.45) is -1.45.